The molecular weight excluding hydrogens is 663 g/mol. The van der Waals surface area contributed by atoms with E-state index in [1.807, 2.05) is 152 Å². The maximum absolute atomic E-state index is 10.3. The Labute approximate surface area is 312 Å². The highest BCUT2D eigenvalue weighted by Crippen LogP contribution is 2.33. The van der Waals surface area contributed by atoms with Crippen LogP contribution in [0.15, 0.2) is 176 Å². The molecule has 9 aromatic rings. The predicted molar refractivity (Wildman–Crippen MR) is 213 cm³/mol. The van der Waals surface area contributed by atoms with Crippen molar-refractivity contribution in [2.24, 2.45) is 0 Å². The molecule has 0 N–H and O–H groups in total. The Kier molecular flexibility index (Phi) is 8.44. The molecule has 0 spiro atoms. The molecule has 0 aliphatic rings. The first-order valence-corrected chi connectivity index (χ1v) is 17.5. The van der Waals surface area contributed by atoms with Gasteiger partial charge in [0.2, 0.25) is 0 Å². The van der Waals surface area contributed by atoms with E-state index in [0.29, 0.717) is 46.1 Å². The van der Waals surface area contributed by atoms with Gasteiger partial charge >= 0.3 is 0 Å². The van der Waals surface area contributed by atoms with Gasteiger partial charge in [0.25, 0.3) is 0 Å². The molecule has 0 fully saturated rings. The lowest BCUT2D eigenvalue weighted by molar-refractivity contribution is 1.07. The number of hydrogen-bond acceptors (Lipinski definition) is 7. The second kappa shape index (κ2) is 14.1. The van der Waals surface area contributed by atoms with Crippen molar-refractivity contribution in [3.63, 3.8) is 0 Å². The van der Waals surface area contributed by atoms with Crippen molar-refractivity contribution < 1.29 is 0 Å². The van der Waals surface area contributed by atoms with E-state index in [4.69, 9.17) is 29.9 Å². The van der Waals surface area contributed by atoms with E-state index in [9.17, 15) is 5.26 Å². The number of fused-ring (bicyclic) bond motifs is 1. The van der Waals surface area contributed by atoms with Crippen LogP contribution >= 0.6 is 0 Å². The van der Waals surface area contributed by atoms with Gasteiger partial charge in [-0.2, -0.15) is 5.26 Å². The summed E-state index contributed by atoms with van der Waals surface area (Å²) in [6.45, 7) is 0. The van der Waals surface area contributed by atoms with Crippen LogP contribution in [-0.2, 0) is 0 Å². The number of rotatable bonds is 7. The highest BCUT2D eigenvalue weighted by atomic mass is 15.0. The minimum atomic E-state index is 0.443. The van der Waals surface area contributed by atoms with E-state index in [-0.39, 0.29) is 0 Å². The van der Waals surface area contributed by atoms with Gasteiger partial charge < -0.3 is 0 Å². The molecular formula is C47H29N7. The van der Waals surface area contributed by atoms with E-state index < -0.39 is 0 Å². The number of benzene rings is 7. The van der Waals surface area contributed by atoms with Gasteiger partial charge in [-0.15, -0.1) is 0 Å². The van der Waals surface area contributed by atoms with E-state index in [1.165, 1.54) is 0 Å². The van der Waals surface area contributed by atoms with Crippen LogP contribution in [0.3, 0.4) is 0 Å². The Bertz CT molecular complexity index is 2690. The van der Waals surface area contributed by atoms with Crippen LogP contribution in [0.5, 0.6) is 0 Å². The van der Waals surface area contributed by atoms with Crippen molar-refractivity contribution in [1.82, 2.24) is 29.9 Å². The average molecular weight is 692 g/mol. The van der Waals surface area contributed by atoms with Gasteiger partial charge in [0.15, 0.2) is 34.9 Å². The number of hydrogen-bond donors (Lipinski definition) is 0. The molecule has 252 valence electrons. The monoisotopic (exact) mass is 691 g/mol. The first-order chi connectivity index (χ1) is 26.7. The zero-order valence-corrected chi connectivity index (χ0v) is 28.9. The summed E-state index contributed by atoms with van der Waals surface area (Å²) < 4.78 is 0. The Balaban J connectivity index is 1.10. The summed E-state index contributed by atoms with van der Waals surface area (Å²) >= 11 is 0. The van der Waals surface area contributed by atoms with Crippen LogP contribution in [0, 0.1) is 11.3 Å². The summed E-state index contributed by atoms with van der Waals surface area (Å²) in [6.07, 6.45) is 0. The van der Waals surface area contributed by atoms with Crippen molar-refractivity contribution >= 4 is 10.8 Å². The first kappa shape index (κ1) is 32.2. The average Bonchev–Trinajstić information content (AvgIpc) is 3.26. The molecule has 54 heavy (non-hydrogen) atoms. The zero-order chi connectivity index (χ0) is 36.3. The molecule has 7 heteroatoms. The van der Waals surface area contributed by atoms with Gasteiger partial charge in [0.05, 0.1) is 11.6 Å². The third kappa shape index (κ3) is 6.47. The number of aromatic nitrogens is 6. The Morgan fingerprint density at radius 1 is 0.296 bits per heavy atom. The molecule has 7 nitrogen and oxygen atoms in total. The second-order valence-corrected chi connectivity index (χ2v) is 12.7. The summed E-state index contributed by atoms with van der Waals surface area (Å²) in [5.41, 5.74) is 7.67. The van der Waals surface area contributed by atoms with Gasteiger partial charge in [-0.1, -0.05) is 158 Å². The van der Waals surface area contributed by atoms with Crippen LogP contribution < -0.4 is 0 Å². The van der Waals surface area contributed by atoms with Gasteiger partial charge in [0, 0.05) is 33.4 Å². The van der Waals surface area contributed by atoms with Crippen molar-refractivity contribution in [3.8, 4) is 85.5 Å². The molecule has 0 radical (unpaired) electrons. The van der Waals surface area contributed by atoms with E-state index in [2.05, 4.69) is 30.3 Å². The van der Waals surface area contributed by atoms with Crippen LogP contribution in [0.1, 0.15) is 5.56 Å². The molecule has 0 atom stereocenters. The molecule has 0 bridgehead atoms. The minimum absolute atomic E-state index is 0.443. The van der Waals surface area contributed by atoms with Crippen LogP contribution in [0.4, 0.5) is 0 Å². The molecule has 7 aromatic carbocycles. The summed E-state index contributed by atoms with van der Waals surface area (Å²) in [7, 11) is 0. The quantitative estimate of drug-likeness (QED) is 0.164. The maximum atomic E-state index is 10.3. The largest absolute Gasteiger partial charge is 0.208 e. The maximum Gasteiger partial charge on any atom is 0.165 e. The molecule has 9 rings (SSSR count). The zero-order valence-electron chi connectivity index (χ0n) is 28.9. The second-order valence-electron chi connectivity index (χ2n) is 12.7. The van der Waals surface area contributed by atoms with Crippen molar-refractivity contribution in [1.29, 1.82) is 5.26 Å². The standard InChI is InChI=1S/C47H29N7/c48-30-40-28-38-26-25-37(27-39(38)29-41(40)47-53-44(34-17-9-3-10-18-34)52-45(54-47)35-19-11-4-12-20-35)31-21-23-36(24-22-31)46-50-42(32-13-5-1-6-14-32)49-43(51-46)33-15-7-2-8-16-33/h1-29H. The van der Waals surface area contributed by atoms with Crippen molar-refractivity contribution in [2.45, 2.75) is 0 Å². The SMILES string of the molecule is N#Cc1cc2ccc(-c3ccc(-c4nc(-c5ccccc5)nc(-c5ccccc5)n4)cc3)cc2cc1-c1nc(-c2ccccc2)nc(-c2ccccc2)n1. The van der Waals surface area contributed by atoms with Gasteiger partial charge in [-0.25, -0.2) is 29.9 Å². The highest BCUT2D eigenvalue weighted by Gasteiger charge is 2.17. The first-order valence-electron chi connectivity index (χ1n) is 17.5. The molecule has 0 unspecified atom stereocenters. The van der Waals surface area contributed by atoms with Crippen molar-refractivity contribution in [3.05, 3.63) is 181 Å². The molecule has 2 heterocycles. The summed E-state index contributed by atoms with van der Waals surface area (Å²) in [4.78, 5) is 29.2. The fourth-order valence-electron chi connectivity index (χ4n) is 6.43. The Morgan fingerprint density at radius 2 is 0.648 bits per heavy atom. The van der Waals surface area contributed by atoms with Crippen LogP contribution in [-0.4, -0.2) is 29.9 Å². The summed E-state index contributed by atoms with van der Waals surface area (Å²) in [6, 6.07) is 60.4. The van der Waals surface area contributed by atoms with Crippen molar-refractivity contribution in [2.75, 3.05) is 0 Å². The molecule has 0 saturated carbocycles. The highest BCUT2D eigenvalue weighted by molar-refractivity contribution is 5.93. The Hall–Kier alpha value is -7.69. The normalized spacial score (nSPS) is 10.9. The smallest absolute Gasteiger partial charge is 0.165 e. The molecule has 0 saturated heterocycles. The number of nitriles is 1. The molecule has 0 aliphatic carbocycles. The molecule has 0 amide bonds. The van der Waals surface area contributed by atoms with Gasteiger partial charge in [-0.05, 0) is 40.1 Å². The Morgan fingerprint density at radius 3 is 1.06 bits per heavy atom. The van der Waals surface area contributed by atoms with Crippen LogP contribution in [0.25, 0.3) is 90.2 Å². The number of nitrogens with zero attached hydrogens (tertiary/aromatic N) is 7. The van der Waals surface area contributed by atoms with Crippen LogP contribution in [0.2, 0.25) is 0 Å². The van der Waals surface area contributed by atoms with E-state index in [1.54, 1.807) is 0 Å². The summed E-state index contributed by atoms with van der Waals surface area (Å²) in [5.74, 6) is 3.37. The topological polar surface area (TPSA) is 101 Å². The summed E-state index contributed by atoms with van der Waals surface area (Å²) in [5, 5.41) is 12.2. The third-order valence-electron chi connectivity index (χ3n) is 9.21. The molecule has 2 aromatic heterocycles. The lowest BCUT2D eigenvalue weighted by atomic mass is 9.96. The lowest BCUT2D eigenvalue weighted by Crippen LogP contribution is -2.01. The van der Waals surface area contributed by atoms with Gasteiger partial charge in [-0.3, -0.25) is 0 Å². The fraction of sp³-hybridized carbons (Fsp3) is 0. The lowest BCUT2D eigenvalue weighted by Gasteiger charge is -2.11. The molecule has 0 aliphatic heterocycles. The third-order valence-corrected chi connectivity index (χ3v) is 9.21. The van der Waals surface area contributed by atoms with E-state index in [0.717, 1.165) is 49.7 Å². The minimum Gasteiger partial charge on any atom is -0.208 e. The fourth-order valence-corrected chi connectivity index (χ4v) is 6.43. The van der Waals surface area contributed by atoms with E-state index >= 15 is 0 Å². The van der Waals surface area contributed by atoms with Gasteiger partial charge in [0.1, 0.15) is 0 Å². The predicted octanol–water partition coefficient (Wildman–Crippen LogP) is 10.8.